The van der Waals surface area contributed by atoms with Gasteiger partial charge in [-0.05, 0) is 18.6 Å². The molecule has 0 fully saturated rings. The van der Waals surface area contributed by atoms with Crippen LogP contribution in [-0.4, -0.2) is 15.3 Å². The molecule has 0 bridgehead atoms. The van der Waals surface area contributed by atoms with Crippen LogP contribution in [0.1, 0.15) is 24.1 Å². The van der Waals surface area contributed by atoms with Crippen molar-refractivity contribution >= 4 is 5.71 Å². The highest BCUT2D eigenvalue weighted by atomic mass is 15.0. The number of nitrogens with zero attached hydrogens (tertiary/aromatic N) is 1. The topological polar surface area (TPSA) is 18.8 Å². The van der Waals surface area contributed by atoms with Crippen molar-refractivity contribution in [1.29, 1.82) is 0 Å². The summed E-state index contributed by atoms with van der Waals surface area (Å²) in [5, 5.41) is 0. The maximum absolute atomic E-state index is 3.28. The summed E-state index contributed by atoms with van der Waals surface area (Å²) in [6, 6.07) is 2.18. The van der Waals surface area contributed by atoms with Crippen molar-refractivity contribution in [2.24, 2.45) is 0 Å². The first-order valence-electron chi connectivity index (χ1n) is 4.41. The van der Waals surface area contributed by atoms with Gasteiger partial charge in [-0.3, -0.25) is 0 Å². The molecule has 12 heavy (non-hydrogen) atoms. The van der Waals surface area contributed by atoms with Crippen LogP contribution in [0.5, 0.6) is 0 Å². The Morgan fingerprint density at radius 1 is 1.42 bits per heavy atom. The van der Waals surface area contributed by atoms with Crippen LogP contribution in [0.2, 0.25) is 0 Å². The van der Waals surface area contributed by atoms with Crippen molar-refractivity contribution in [3.05, 3.63) is 35.8 Å². The predicted octanol–water partition coefficient (Wildman–Crippen LogP) is 1.64. The Bertz CT molecular complexity index is 382. The first-order valence-corrected chi connectivity index (χ1v) is 4.41. The van der Waals surface area contributed by atoms with Gasteiger partial charge in [0.05, 0.1) is 11.3 Å². The van der Waals surface area contributed by atoms with Crippen molar-refractivity contribution in [3.63, 3.8) is 0 Å². The van der Waals surface area contributed by atoms with Crippen LogP contribution in [0.15, 0.2) is 24.5 Å². The molecule has 0 unspecified atom stereocenters. The van der Waals surface area contributed by atoms with Gasteiger partial charge in [0.25, 0.3) is 0 Å². The summed E-state index contributed by atoms with van der Waals surface area (Å²) in [5.41, 5.74) is 4.30. The van der Waals surface area contributed by atoms with Gasteiger partial charge >= 0.3 is 0 Å². The normalized spacial score (nSPS) is 19.7. The minimum atomic E-state index is 1.04. The standard InChI is InChI=1S/C10H10N2/c1-2-6-12-7-9-8(4-5-11-9)10(12)3-1/h2,4-6H,1,3,7H2/p+1. The number of nitrogens with one attached hydrogen (secondary N) is 1. The molecular formula is C10H11N2+. The smallest absolute Gasteiger partial charge is 0.191 e. The third-order valence-electron chi connectivity index (χ3n) is 2.65. The Morgan fingerprint density at radius 2 is 2.42 bits per heavy atom. The molecule has 3 heterocycles. The van der Waals surface area contributed by atoms with Gasteiger partial charge in [0.15, 0.2) is 18.5 Å². The summed E-state index contributed by atoms with van der Waals surface area (Å²) in [5.74, 6) is 0. The van der Waals surface area contributed by atoms with E-state index in [1.807, 2.05) is 6.20 Å². The molecule has 2 aliphatic rings. The van der Waals surface area contributed by atoms with E-state index in [0.29, 0.717) is 0 Å². The van der Waals surface area contributed by atoms with E-state index in [4.69, 9.17) is 0 Å². The second-order valence-corrected chi connectivity index (χ2v) is 3.37. The van der Waals surface area contributed by atoms with Crippen molar-refractivity contribution in [2.75, 3.05) is 0 Å². The SMILES string of the molecule is C1=C[N+]2=C(CC1)c1cc[nH]c1C2. The molecule has 1 aromatic rings. The number of aromatic nitrogens is 1. The lowest BCUT2D eigenvalue weighted by Crippen LogP contribution is -2.12. The highest BCUT2D eigenvalue weighted by Gasteiger charge is 2.29. The number of hydrogen-bond acceptors (Lipinski definition) is 0. The van der Waals surface area contributed by atoms with Gasteiger partial charge in [0, 0.05) is 12.6 Å². The Balaban J connectivity index is 2.18. The van der Waals surface area contributed by atoms with Gasteiger partial charge in [-0.15, -0.1) is 0 Å². The lowest BCUT2D eigenvalue weighted by atomic mass is 10.1. The fourth-order valence-electron chi connectivity index (χ4n) is 2.07. The summed E-state index contributed by atoms with van der Waals surface area (Å²) >= 11 is 0. The van der Waals surface area contributed by atoms with Crippen LogP contribution in [-0.2, 0) is 6.54 Å². The van der Waals surface area contributed by atoms with Crippen molar-refractivity contribution in [3.8, 4) is 0 Å². The molecule has 2 aliphatic heterocycles. The lowest BCUT2D eigenvalue weighted by molar-refractivity contribution is -0.472. The van der Waals surface area contributed by atoms with Crippen molar-refractivity contribution in [1.82, 2.24) is 4.98 Å². The summed E-state index contributed by atoms with van der Waals surface area (Å²) in [6.07, 6.45) is 8.87. The molecule has 0 aromatic carbocycles. The summed E-state index contributed by atoms with van der Waals surface area (Å²) in [4.78, 5) is 3.28. The van der Waals surface area contributed by atoms with Gasteiger partial charge in [-0.2, -0.15) is 4.58 Å². The molecule has 2 heteroatoms. The van der Waals surface area contributed by atoms with E-state index in [2.05, 4.69) is 27.9 Å². The first-order chi connectivity index (χ1) is 5.95. The number of hydrogen-bond donors (Lipinski definition) is 1. The van der Waals surface area contributed by atoms with E-state index in [0.717, 1.165) is 6.54 Å². The van der Waals surface area contributed by atoms with E-state index >= 15 is 0 Å². The Labute approximate surface area is 71.2 Å². The third-order valence-corrected chi connectivity index (χ3v) is 2.65. The number of allylic oxidation sites excluding steroid dienone is 1. The summed E-state index contributed by atoms with van der Waals surface area (Å²) in [7, 11) is 0. The fraction of sp³-hybridized carbons (Fsp3) is 0.300. The van der Waals surface area contributed by atoms with Crippen LogP contribution < -0.4 is 0 Å². The minimum Gasteiger partial charge on any atom is -0.359 e. The lowest BCUT2D eigenvalue weighted by Gasteiger charge is -2.00. The summed E-state index contributed by atoms with van der Waals surface area (Å²) < 4.78 is 2.34. The average molecular weight is 159 g/mol. The third kappa shape index (κ3) is 0.670. The Morgan fingerprint density at radius 3 is 3.42 bits per heavy atom. The van der Waals surface area contributed by atoms with E-state index in [-0.39, 0.29) is 0 Å². The van der Waals surface area contributed by atoms with Crippen LogP contribution in [0.3, 0.4) is 0 Å². The van der Waals surface area contributed by atoms with Gasteiger partial charge in [0.2, 0.25) is 0 Å². The van der Waals surface area contributed by atoms with Crippen molar-refractivity contribution in [2.45, 2.75) is 19.4 Å². The molecule has 3 rings (SSSR count). The van der Waals surface area contributed by atoms with Crippen LogP contribution in [0, 0.1) is 0 Å². The Hall–Kier alpha value is -1.31. The van der Waals surface area contributed by atoms with E-state index < -0.39 is 0 Å². The van der Waals surface area contributed by atoms with Crippen LogP contribution in [0.25, 0.3) is 0 Å². The number of aromatic amines is 1. The molecule has 0 amide bonds. The predicted molar refractivity (Wildman–Crippen MR) is 47.2 cm³/mol. The molecule has 60 valence electrons. The molecule has 1 N–H and O–H groups in total. The molecule has 0 radical (unpaired) electrons. The molecule has 0 saturated carbocycles. The zero-order valence-corrected chi connectivity index (χ0v) is 6.88. The second-order valence-electron chi connectivity index (χ2n) is 3.37. The maximum Gasteiger partial charge on any atom is 0.191 e. The Kier molecular flexibility index (Phi) is 1.09. The van der Waals surface area contributed by atoms with Gasteiger partial charge in [-0.25, -0.2) is 0 Å². The van der Waals surface area contributed by atoms with Crippen molar-refractivity contribution < 1.29 is 4.58 Å². The maximum atomic E-state index is 3.28. The molecular weight excluding hydrogens is 148 g/mol. The van der Waals surface area contributed by atoms with Crippen LogP contribution >= 0.6 is 0 Å². The fourth-order valence-corrected chi connectivity index (χ4v) is 2.07. The molecule has 0 saturated heterocycles. The van der Waals surface area contributed by atoms with Gasteiger partial charge in [0.1, 0.15) is 0 Å². The van der Waals surface area contributed by atoms with Crippen LogP contribution in [0.4, 0.5) is 0 Å². The monoisotopic (exact) mass is 159 g/mol. The highest BCUT2D eigenvalue weighted by Crippen LogP contribution is 2.22. The molecule has 0 spiro atoms. The number of rotatable bonds is 0. The highest BCUT2D eigenvalue weighted by molar-refractivity contribution is 5.99. The number of fused-ring (bicyclic) bond motifs is 2. The van der Waals surface area contributed by atoms with Gasteiger partial charge < -0.3 is 4.98 Å². The molecule has 0 aliphatic carbocycles. The zero-order valence-electron chi connectivity index (χ0n) is 6.88. The van der Waals surface area contributed by atoms with E-state index in [1.54, 1.807) is 0 Å². The van der Waals surface area contributed by atoms with E-state index in [9.17, 15) is 0 Å². The second kappa shape index (κ2) is 2.09. The average Bonchev–Trinajstić information content (AvgIpc) is 2.62. The van der Waals surface area contributed by atoms with E-state index in [1.165, 1.54) is 29.8 Å². The first kappa shape index (κ1) is 6.23. The molecule has 0 atom stereocenters. The quantitative estimate of drug-likeness (QED) is 0.555. The minimum absolute atomic E-state index is 1.04. The number of H-pyrrole nitrogens is 1. The van der Waals surface area contributed by atoms with Gasteiger partial charge in [-0.1, -0.05) is 0 Å². The summed E-state index contributed by atoms with van der Waals surface area (Å²) in [6.45, 7) is 1.04. The largest absolute Gasteiger partial charge is 0.359 e. The molecule has 2 nitrogen and oxygen atoms in total. The zero-order chi connectivity index (χ0) is 7.97. The molecule has 1 aromatic heterocycles.